The maximum atomic E-state index is 12.6. The maximum absolute atomic E-state index is 12.6. The van der Waals surface area contributed by atoms with E-state index in [1.807, 2.05) is 0 Å². The second-order valence-electron chi connectivity index (χ2n) is 4.36. The molecule has 4 atom stereocenters. The smallest absolute Gasteiger partial charge is 0.243 e. The van der Waals surface area contributed by atoms with Crippen molar-refractivity contribution in [3.05, 3.63) is 0 Å². The minimum absolute atomic E-state index is 0.0771. The van der Waals surface area contributed by atoms with E-state index in [2.05, 4.69) is 4.72 Å². The molecule has 0 aromatic carbocycles. The third-order valence-corrected chi connectivity index (χ3v) is 3.97. The van der Waals surface area contributed by atoms with Gasteiger partial charge in [0.05, 0.1) is 11.0 Å². The number of halogens is 3. The van der Waals surface area contributed by atoms with E-state index < -0.39 is 29.1 Å². The van der Waals surface area contributed by atoms with E-state index in [-0.39, 0.29) is 11.2 Å². The van der Waals surface area contributed by atoms with Gasteiger partial charge >= 0.3 is 6.18 Å². The summed E-state index contributed by atoms with van der Waals surface area (Å²) in [4.78, 5) is 0. The Morgan fingerprint density at radius 3 is 2.13 bits per heavy atom. The molecule has 15 heavy (non-hydrogen) atoms. The van der Waals surface area contributed by atoms with Crippen LogP contribution in [0.1, 0.15) is 27.2 Å². The van der Waals surface area contributed by atoms with Crippen molar-refractivity contribution in [2.24, 2.45) is 11.8 Å². The Morgan fingerprint density at radius 1 is 1.40 bits per heavy atom. The van der Waals surface area contributed by atoms with Gasteiger partial charge in [0.15, 0.2) is 0 Å². The fourth-order valence-electron chi connectivity index (χ4n) is 1.47. The van der Waals surface area contributed by atoms with Crippen molar-refractivity contribution < 1.29 is 17.4 Å². The molecule has 0 radical (unpaired) electrons. The molecule has 0 aliphatic heterocycles. The van der Waals surface area contributed by atoms with Gasteiger partial charge in [-0.2, -0.15) is 13.2 Å². The lowest BCUT2D eigenvalue weighted by Crippen LogP contribution is -2.46. The summed E-state index contributed by atoms with van der Waals surface area (Å²) in [5, 5.41) is -0.302. The summed E-state index contributed by atoms with van der Waals surface area (Å²) < 4.78 is 51.4. The van der Waals surface area contributed by atoms with E-state index in [0.29, 0.717) is 6.42 Å². The van der Waals surface area contributed by atoms with Crippen LogP contribution < -0.4 is 4.72 Å². The zero-order chi connectivity index (χ0) is 11.8. The van der Waals surface area contributed by atoms with Gasteiger partial charge in [0.2, 0.25) is 0 Å². The van der Waals surface area contributed by atoms with E-state index in [1.165, 1.54) is 0 Å². The van der Waals surface area contributed by atoms with Gasteiger partial charge in [-0.25, -0.2) is 8.93 Å². The third kappa shape index (κ3) is 3.45. The van der Waals surface area contributed by atoms with Crippen molar-refractivity contribution >= 4 is 11.0 Å². The maximum Gasteiger partial charge on any atom is 0.405 e. The van der Waals surface area contributed by atoms with Crippen molar-refractivity contribution in [2.75, 3.05) is 0 Å². The van der Waals surface area contributed by atoms with Gasteiger partial charge in [-0.15, -0.1) is 0 Å². The SMILES string of the molecule is CC1CC1C(NS(=O)C(C)C)C(F)(F)F. The molecule has 0 bridgehead atoms. The van der Waals surface area contributed by atoms with Crippen LogP contribution in [0.25, 0.3) is 0 Å². The first-order valence-electron chi connectivity index (χ1n) is 4.97. The second-order valence-corrected chi connectivity index (χ2v) is 6.13. The molecule has 6 heteroatoms. The number of hydrogen-bond acceptors (Lipinski definition) is 1. The molecule has 1 fully saturated rings. The molecule has 0 aromatic rings. The zero-order valence-corrected chi connectivity index (χ0v) is 9.78. The molecule has 1 aliphatic rings. The van der Waals surface area contributed by atoms with E-state index in [9.17, 15) is 17.4 Å². The fraction of sp³-hybridized carbons (Fsp3) is 1.00. The molecule has 1 N–H and O–H groups in total. The first-order chi connectivity index (χ1) is 6.73. The van der Waals surface area contributed by atoms with Crippen LogP contribution in [0.2, 0.25) is 0 Å². The quantitative estimate of drug-likeness (QED) is 0.806. The van der Waals surface area contributed by atoms with Crippen LogP contribution in [0.15, 0.2) is 0 Å². The molecule has 1 saturated carbocycles. The van der Waals surface area contributed by atoms with Crippen LogP contribution in [0, 0.1) is 11.8 Å². The minimum atomic E-state index is -4.31. The van der Waals surface area contributed by atoms with Crippen molar-refractivity contribution in [1.29, 1.82) is 0 Å². The van der Waals surface area contributed by atoms with Crippen LogP contribution in [0.3, 0.4) is 0 Å². The highest BCUT2D eigenvalue weighted by atomic mass is 32.2. The van der Waals surface area contributed by atoms with Crippen LogP contribution in [0.5, 0.6) is 0 Å². The molecule has 0 heterocycles. The molecule has 0 amide bonds. The molecule has 1 aliphatic carbocycles. The summed E-state index contributed by atoms with van der Waals surface area (Å²) >= 11 is 0. The van der Waals surface area contributed by atoms with Gasteiger partial charge in [-0.1, -0.05) is 6.92 Å². The Hall–Kier alpha value is -0.100. The average molecular weight is 243 g/mol. The monoisotopic (exact) mass is 243 g/mol. The van der Waals surface area contributed by atoms with Crippen LogP contribution in [-0.2, 0) is 11.0 Å². The van der Waals surface area contributed by atoms with Gasteiger partial charge in [-0.05, 0) is 32.1 Å². The molecule has 0 aromatic heterocycles. The number of hydrogen-bond donors (Lipinski definition) is 1. The van der Waals surface area contributed by atoms with Crippen LogP contribution in [0.4, 0.5) is 13.2 Å². The molecule has 0 spiro atoms. The first kappa shape index (κ1) is 13.0. The summed E-state index contributed by atoms with van der Waals surface area (Å²) in [6.07, 6.45) is -3.74. The summed E-state index contributed by atoms with van der Waals surface area (Å²) in [7, 11) is -1.61. The van der Waals surface area contributed by atoms with E-state index >= 15 is 0 Å². The Bertz CT molecular complexity index is 254. The molecule has 1 rings (SSSR count). The Kier molecular flexibility index (Phi) is 3.81. The van der Waals surface area contributed by atoms with Crippen molar-refractivity contribution in [3.63, 3.8) is 0 Å². The molecular formula is C9H16F3NOS. The van der Waals surface area contributed by atoms with Gasteiger partial charge < -0.3 is 0 Å². The lowest BCUT2D eigenvalue weighted by atomic mass is 10.1. The van der Waals surface area contributed by atoms with Crippen molar-refractivity contribution in [3.8, 4) is 0 Å². The largest absolute Gasteiger partial charge is 0.405 e. The summed E-state index contributed by atoms with van der Waals surface area (Å²) in [5.41, 5.74) is 0. The van der Waals surface area contributed by atoms with Gasteiger partial charge in [0.25, 0.3) is 0 Å². The zero-order valence-electron chi connectivity index (χ0n) is 8.97. The average Bonchev–Trinajstić information content (AvgIpc) is 2.75. The second kappa shape index (κ2) is 4.41. The lowest BCUT2D eigenvalue weighted by molar-refractivity contribution is -0.156. The topological polar surface area (TPSA) is 29.1 Å². The summed E-state index contributed by atoms with van der Waals surface area (Å²) in [6.45, 7) is 5.04. The fourth-order valence-corrected chi connectivity index (χ4v) is 2.30. The third-order valence-electron chi connectivity index (χ3n) is 2.62. The molecule has 2 nitrogen and oxygen atoms in total. The molecule has 4 unspecified atom stereocenters. The lowest BCUT2D eigenvalue weighted by Gasteiger charge is -2.22. The van der Waals surface area contributed by atoms with E-state index in [1.54, 1.807) is 20.8 Å². The standard InChI is InChI=1S/C9H16F3NOS/c1-5(2)15(14)13-8(9(10,11)12)7-4-6(7)3/h5-8,13H,4H2,1-3H3. The number of rotatable bonds is 4. The Morgan fingerprint density at radius 2 is 1.87 bits per heavy atom. The van der Waals surface area contributed by atoms with Gasteiger partial charge in [0, 0.05) is 5.25 Å². The normalized spacial score (nSPS) is 30.3. The molecular weight excluding hydrogens is 227 g/mol. The minimum Gasteiger partial charge on any atom is -0.243 e. The number of nitrogens with one attached hydrogen (secondary N) is 1. The van der Waals surface area contributed by atoms with Crippen LogP contribution in [-0.4, -0.2) is 21.7 Å². The molecule has 0 saturated heterocycles. The van der Waals surface area contributed by atoms with Crippen molar-refractivity contribution in [1.82, 2.24) is 4.72 Å². The highest BCUT2D eigenvalue weighted by Gasteiger charge is 2.53. The summed E-state index contributed by atoms with van der Waals surface area (Å²) in [5.74, 6) is -0.332. The molecule has 90 valence electrons. The summed E-state index contributed by atoms with van der Waals surface area (Å²) in [6, 6.07) is -1.62. The Labute approximate surface area is 90.2 Å². The first-order valence-corrected chi connectivity index (χ1v) is 6.18. The van der Waals surface area contributed by atoms with E-state index in [0.717, 1.165) is 0 Å². The predicted octanol–water partition coefficient (Wildman–Crippen LogP) is 2.24. The van der Waals surface area contributed by atoms with E-state index in [4.69, 9.17) is 0 Å². The van der Waals surface area contributed by atoms with Crippen LogP contribution >= 0.6 is 0 Å². The van der Waals surface area contributed by atoms with Gasteiger partial charge in [-0.3, -0.25) is 0 Å². The van der Waals surface area contributed by atoms with Gasteiger partial charge in [0.1, 0.15) is 6.04 Å². The number of alkyl halides is 3. The Balaban J connectivity index is 2.62. The highest BCUT2D eigenvalue weighted by Crippen LogP contribution is 2.45. The predicted molar refractivity (Wildman–Crippen MR) is 53.5 cm³/mol. The highest BCUT2D eigenvalue weighted by molar-refractivity contribution is 7.83. The van der Waals surface area contributed by atoms with Crippen molar-refractivity contribution in [2.45, 2.75) is 44.7 Å².